The summed E-state index contributed by atoms with van der Waals surface area (Å²) in [4.78, 5) is 30.0. The zero-order chi connectivity index (χ0) is 16.3. The maximum atomic E-state index is 12.7. The lowest BCUT2D eigenvalue weighted by Crippen LogP contribution is -2.37. The lowest BCUT2D eigenvalue weighted by Gasteiger charge is -2.28. The largest absolute Gasteiger partial charge is 0.465 e. The van der Waals surface area contributed by atoms with Gasteiger partial charge in [0.15, 0.2) is 0 Å². The van der Waals surface area contributed by atoms with E-state index in [1.165, 1.54) is 18.4 Å². The van der Waals surface area contributed by atoms with Gasteiger partial charge in [0.2, 0.25) is 0 Å². The van der Waals surface area contributed by atoms with E-state index in [0.717, 1.165) is 11.3 Å². The van der Waals surface area contributed by atoms with Gasteiger partial charge in [-0.25, -0.2) is 9.78 Å². The second kappa shape index (κ2) is 6.70. The molecule has 0 radical (unpaired) electrons. The number of rotatable bonds is 4. The van der Waals surface area contributed by atoms with Crippen LogP contribution in [-0.4, -0.2) is 30.0 Å². The number of aryl methyl sites for hydroxylation is 1. The van der Waals surface area contributed by atoms with Crippen LogP contribution in [0.1, 0.15) is 40.3 Å². The molecule has 1 heterocycles. The Labute approximate surface area is 133 Å². The summed E-state index contributed by atoms with van der Waals surface area (Å²) < 4.78 is 4.72. The lowest BCUT2D eigenvalue weighted by atomic mass is 10.1. The molecule has 5 nitrogen and oxygen atoms in total. The quantitative estimate of drug-likeness (QED) is 0.812. The predicted octanol–water partition coefficient (Wildman–Crippen LogP) is 3.29. The second-order valence-corrected chi connectivity index (χ2v) is 5.85. The van der Waals surface area contributed by atoms with Crippen molar-refractivity contribution in [3.05, 3.63) is 45.9 Å². The number of benzene rings is 1. The molecule has 0 bridgehead atoms. The molecule has 0 atom stereocenters. The average molecular weight is 318 g/mol. The van der Waals surface area contributed by atoms with Crippen LogP contribution in [0.2, 0.25) is 0 Å². The van der Waals surface area contributed by atoms with E-state index in [1.54, 1.807) is 34.0 Å². The molecule has 0 fully saturated rings. The van der Waals surface area contributed by atoms with Crippen molar-refractivity contribution in [2.45, 2.75) is 26.8 Å². The molecular formula is C16H18N2O3S. The fraction of sp³-hybridized carbons (Fsp3) is 0.312. The Morgan fingerprint density at radius 3 is 2.55 bits per heavy atom. The number of anilines is 1. The molecule has 0 spiro atoms. The smallest absolute Gasteiger partial charge is 0.337 e. The minimum Gasteiger partial charge on any atom is -0.465 e. The van der Waals surface area contributed by atoms with E-state index in [9.17, 15) is 9.59 Å². The minimum atomic E-state index is -0.392. The van der Waals surface area contributed by atoms with Gasteiger partial charge in [-0.2, -0.15) is 0 Å². The summed E-state index contributed by atoms with van der Waals surface area (Å²) in [6.45, 7) is 5.75. The summed E-state index contributed by atoms with van der Waals surface area (Å²) in [6.07, 6.45) is 0. The summed E-state index contributed by atoms with van der Waals surface area (Å²) >= 11 is 1.39. The van der Waals surface area contributed by atoms with Gasteiger partial charge in [0.25, 0.3) is 5.91 Å². The number of esters is 1. The molecule has 1 amide bonds. The number of nitrogens with zero attached hydrogens (tertiary/aromatic N) is 2. The van der Waals surface area contributed by atoms with Gasteiger partial charge < -0.3 is 9.64 Å². The van der Waals surface area contributed by atoms with Crippen LogP contribution in [0.25, 0.3) is 0 Å². The van der Waals surface area contributed by atoms with Crippen molar-refractivity contribution in [3.63, 3.8) is 0 Å². The Bertz CT molecular complexity index is 681. The van der Waals surface area contributed by atoms with E-state index in [1.807, 2.05) is 20.8 Å². The number of thiazole rings is 1. The van der Waals surface area contributed by atoms with Gasteiger partial charge in [0.05, 0.1) is 18.2 Å². The van der Waals surface area contributed by atoms with Crippen molar-refractivity contribution in [1.82, 2.24) is 4.98 Å². The van der Waals surface area contributed by atoms with Crippen LogP contribution in [0.3, 0.4) is 0 Å². The van der Waals surface area contributed by atoms with Gasteiger partial charge in [-0.05, 0) is 44.5 Å². The highest BCUT2D eigenvalue weighted by Gasteiger charge is 2.24. The number of carbonyl (C=O) groups is 2. The number of methoxy groups -OCH3 is 1. The molecule has 0 aliphatic heterocycles. The van der Waals surface area contributed by atoms with Crippen LogP contribution in [0.5, 0.6) is 0 Å². The third-order valence-electron chi connectivity index (χ3n) is 3.26. The monoisotopic (exact) mass is 318 g/mol. The van der Waals surface area contributed by atoms with Gasteiger partial charge in [0, 0.05) is 17.1 Å². The van der Waals surface area contributed by atoms with Crippen LogP contribution in [0.15, 0.2) is 29.1 Å². The van der Waals surface area contributed by atoms with Gasteiger partial charge in [0.1, 0.15) is 5.69 Å². The molecule has 0 saturated carbocycles. The van der Waals surface area contributed by atoms with Gasteiger partial charge in [-0.1, -0.05) is 0 Å². The first-order valence-corrected chi connectivity index (χ1v) is 7.80. The van der Waals surface area contributed by atoms with Crippen LogP contribution >= 0.6 is 11.3 Å². The van der Waals surface area contributed by atoms with Gasteiger partial charge in [-0.3, -0.25) is 4.79 Å². The van der Waals surface area contributed by atoms with E-state index in [-0.39, 0.29) is 11.9 Å². The number of aromatic nitrogens is 1. The molecule has 2 rings (SSSR count). The highest BCUT2D eigenvalue weighted by atomic mass is 32.1. The third-order valence-corrected chi connectivity index (χ3v) is 3.85. The molecule has 1 aromatic heterocycles. The number of hydrogen-bond donors (Lipinski definition) is 0. The van der Waals surface area contributed by atoms with Crippen molar-refractivity contribution < 1.29 is 14.3 Å². The van der Waals surface area contributed by atoms with Crippen LogP contribution < -0.4 is 4.90 Å². The standard InChI is InChI=1S/C16H18N2O3S/c1-10(2)18(15(19)13-8-22-9-17-13)14-6-5-12(7-11(14)3)16(20)21-4/h5-10H,1-4H3. The van der Waals surface area contributed by atoms with Crippen LogP contribution in [0.4, 0.5) is 5.69 Å². The Morgan fingerprint density at radius 2 is 2.05 bits per heavy atom. The molecule has 0 unspecified atom stereocenters. The normalized spacial score (nSPS) is 10.6. The molecule has 116 valence electrons. The molecule has 22 heavy (non-hydrogen) atoms. The maximum absolute atomic E-state index is 12.7. The number of ether oxygens (including phenoxy) is 1. The van der Waals surface area contributed by atoms with E-state index in [4.69, 9.17) is 4.74 Å². The highest BCUT2D eigenvalue weighted by molar-refractivity contribution is 7.07. The first-order chi connectivity index (χ1) is 10.5. The van der Waals surface area contributed by atoms with Crippen LogP contribution in [0, 0.1) is 6.92 Å². The molecule has 6 heteroatoms. The molecule has 1 aromatic carbocycles. The fourth-order valence-electron chi connectivity index (χ4n) is 2.23. The Morgan fingerprint density at radius 1 is 1.32 bits per heavy atom. The zero-order valence-electron chi connectivity index (χ0n) is 13.0. The number of carbonyl (C=O) groups excluding carboxylic acids is 2. The van der Waals surface area contributed by atoms with E-state index < -0.39 is 5.97 Å². The third kappa shape index (κ3) is 3.17. The fourth-order valence-corrected chi connectivity index (χ4v) is 2.76. The van der Waals surface area contributed by atoms with Gasteiger partial charge >= 0.3 is 5.97 Å². The van der Waals surface area contributed by atoms with Crippen molar-refractivity contribution in [3.8, 4) is 0 Å². The highest BCUT2D eigenvalue weighted by Crippen LogP contribution is 2.25. The van der Waals surface area contributed by atoms with Crippen molar-refractivity contribution in [2.75, 3.05) is 12.0 Å². The molecule has 0 aliphatic carbocycles. The van der Waals surface area contributed by atoms with E-state index >= 15 is 0 Å². The minimum absolute atomic E-state index is 0.0307. The van der Waals surface area contributed by atoms with Crippen molar-refractivity contribution in [2.24, 2.45) is 0 Å². The summed E-state index contributed by atoms with van der Waals surface area (Å²) in [5.74, 6) is -0.540. The van der Waals surface area contributed by atoms with Crippen LogP contribution in [-0.2, 0) is 4.74 Å². The summed E-state index contributed by atoms with van der Waals surface area (Å²) in [5.41, 5.74) is 4.13. The molecule has 2 aromatic rings. The number of hydrogen-bond acceptors (Lipinski definition) is 5. The molecule has 0 saturated heterocycles. The molecule has 0 N–H and O–H groups in total. The predicted molar refractivity (Wildman–Crippen MR) is 86.6 cm³/mol. The second-order valence-electron chi connectivity index (χ2n) is 5.14. The van der Waals surface area contributed by atoms with E-state index in [2.05, 4.69) is 4.98 Å². The summed E-state index contributed by atoms with van der Waals surface area (Å²) in [7, 11) is 1.35. The topological polar surface area (TPSA) is 59.5 Å². The Balaban J connectivity index is 2.41. The van der Waals surface area contributed by atoms with Crippen molar-refractivity contribution >= 4 is 28.9 Å². The Kier molecular flexibility index (Phi) is 4.92. The molecule has 0 aliphatic rings. The Hall–Kier alpha value is -2.21. The first-order valence-electron chi connectivity index (χ1n) is 6.86. The lowest BCUT2D eigenvalue weighted by molar-refractivity contribution is 0.0600. The SMILES string of the molecule is COC(=O)c1ccc(N(C(=O)c2cscn2)C(C)C)c(C)c1. The zero-order valence-corrected chi connectivity index (χ0v) is 13.8. The maximum Gasteiger partial charge on any atom is 0.337 e. The summed E-state index contributed by atoms with van der Waals surface area (Å²) in [6, 6.07) is 5.13. The van der Waals surface area contributed by atoms with Crippen molar-refractivity contribution in [1.29, 1.82) is 0 Å². The molecular weight excluding hydrogens is 300 g/mol. The summed E-state index contributed by atoms with van der Waals surface area (Å²) in [5, 5.41) is 1.73. The van der Waals surface area contributed by atoms with Gasteiger partial charge in [-0.15, -0.1) is 11.3 Å². The number of amides is 1. The average Bonchev–Trinajstić information content (AvgIpc) is 3.02. The first kappa shape index (κ1) is 16.2. The van der Waals surface area contributed by atoms with E-state index in [0.29, 0.717) is 11.3 Å².